The number of hydrogen-bond acceptors (Lipinski definition) is 2. The van der Waals surface area contributed by atoms with E-state index in [1.165, 1.54) is 0 Å². The topological polar surface area (TPSA) is 29.5 Å². The Hall–Kier alpha value is -0.0800. The zero-order valence-corrected chi connectivity index (χ0v) is 6.05. The molecule has 1 heterocycles. The molecule has 54 valence electrons. The van der Waals surface area contributed by atoms with Gasteiger partial charge in [-0.1, -0.05) is 6.92 Å². The van der Waals surface area contributed by atoms with Crippen LogP contribution < -0.4 is 0 Å². The van der Waals surface area contributed by atoms with Gasteiger partial charge in [0.2, 0.25) is 0 Å². The normalized spacial score (nSPS) is 39.0. The minimum absolute atomic E-state index is 0.0278. The first-order valence-electron chi connectivity index (χ1n) is 3.41. The largest absolute Gasteiger partial charge is 0.393 e. The highest BCUT2D eigenvalue weighted by Crippen LogP contribution is 2.31. The molecule has 0 saturated carbocycles. The summed E-state index contributed by atoms with van der Waals surface area (Å²) in [5, 5.41) is 9.23. The molecule has 0 aromatic heterocycles. The fourth-order valence-corrected chi connectivity index (χ4v) is 1.01. The van der Waals surface area contributed by atoms with Gasteiger partial charge in [0, 0.05) is 12.0 Å². The molecule has 1 N–H and O–H groups in total. The molecule has 9 heavy (non-hydrogen) atoms. The van der Waals surface area contributed by atoms with Crippen LogP contribution in [0.1, 0.15) is 20.3 Å². The van der Waals surface area contributed by atoms with Crippen LogP contribution in [0.15, 0.2) is 0 Å². The average molecular weight is 130 g/mol. The van der Waals surface area contributed by atoms with Crippen LogP contribution in [0.4, 0.5) is 0 Å². The molecule has 0 amide bonds. The lowest BCUT2D eigenvalue weighted by molar-refractivity contribution is 0.0404. The molecule has 0 unspecified atom stereocenters. The zero-order valence-electron chi connectivity index (χ0n) is 6.05. The van der Waals surface area contributed by atoms with Crippen molar-refractivity contribution in [3.8, 4) is 0 Å². The van der Waals surface area contributed by atoms with Crippen LogP contribution in [0, 0.1) is 5.41 Å². The third kappa shape index (κ3) is 1.25. The maximum Gasteiger partial charge on any atom is 0.0588 e. The van der Waals surface area contributed by atoms with Crippen LogP contribution >= 0.6 is 0 Å². The quantitative estimate of drug-likeness (QED) is 0.568. The molecule has 2 atom stereocenters. The summed E-state index contributed by atoms with van der Waals surface area (Å²) in [6.45, 7) is 5.41. The lowest BCUT2D eigenvalue weighted by Gasteiger charge is -2.24. The lowest BCUT2D eigenvalue weighted by atomic mass is 9.85. The number of hydrogen-bond donors (Lipinski definition) is 1. The predicted molar refractivity (Wildman–Crippen MR) is 35.2 cm³/mol. The van der Waals surface area contributed by atoms with Crippen molar-refractivity contribution in [2.24, 2.45) is 5.41 Å². The Morgan fingerprint density at radius 2 is 2.33 bits per heavy atom. The van der Waals surface area contributed by atoms with E-state index in [0.29, 0.717) is 6.61 Å². The van der Waals surface area contributed by atoms with Gasteiger partial charge in [-0.15, -0.1) is 0 Å². The van der Waals surface area contributed by atoms with E-state index in [9.17, 15) is 5.11 Å². The minimum atomic E-state index is -0.236. The van der Waals surface area contributed by atoms with Gasteiger partial charge in [0.1, 0.15) is 0 Å². The number of ether oxygens (including phenoxy) is 1. The van der Waals surface area contributed by atoms with Crippen molar-refractivity contribution in [3.05, 3.63) is 0 Å². The maximum atomic E-state index is 9.23. The Labute approximate surface area is 55.8 Å². The van der Waals surface area contributed by atoms with E-state index in [4.69, 9.17) is 4.74 Å². The summed E-state index contributed by atoms with van der Waals surface area (Å²) in [5.41, 5.74) is 0.0278. The van der Waals surface area contributed by atoms with Gasteiger partial charge >= 0.3 is 0 Å². The fourth-order valence-electron chi connectivity index (χ4n) is 1.01. The molecule has 0 aromatic rings. The summed E-state index contributed by atoms with van der Waals surface area (Å²) in [4.78, 5) is 0. The third-order valence-corrected chi connectivity index (χ3v) is 2.26. The summed E-state index contributed by atoms with van der Waals surface area (Å²) in [5.74, 6) is 0. The van der Waals surface area contributed by atoms with E-state index < -0.39 is 0 Å². The van der Waals surface area contributed by atoms with Crippen molar-refractivity contribution < 1.29 is 9.84 Å². The molecule has 1 aliphatic rings. The molecular formula is C7H14O2. The molecule has 0 aromatic carbocycles. The Kier molecular flexibility index (Phi) is 1.78. The summed E-state index contributed by atoms with van der Waals surface area (Å²) in [6.07, 6.45) is 0.755. The molecule has 2 heteroatoms. The van der Waals surface area contributed by atoms with Gasteiger partial charge in [0.25, 0.3) is 0 Å². The standard InChI is InChI=1S/C7H14O2/c1-6(8)7(2)3-4-9-5-7/h6,8H,3-5H2,1-2H3/t6-,7-/m1/s1. The van der Waals surface area contributed by atoms with Crippen LogP contribution in [-0.2, 0) is 4.74 Å². The number of rotatable bonds is 1. The van der Waals surface area contributed by atoms with Crippen molar-refractivity contribution >= 4 is 0 Å². The Bertz CT molecular complexity index is 93.1. The molecule has 0 bridgehead atoms. The van der Waals surface area contributed by atoms with Gasteiger partial charge in [-0.05, 0) is 13.3 Å². The molecule has 2 nitrogen and oxygen atoms in total. The van der Waals surface area contributed by atoms with Crippen molar-refractivity contribution in [2.45, 2.75) is 26.4 Å². The fraction of sp³-hybridized carbons (Fsp3) is 1.00. The van der Waals surface area contributed by atoms with E-state index in [2.05, 4.69) is 6.92 Å². The van der Waals surface area contributed by atoms with Gasteiger partial charge in [-0.2, -0.15) is 0 Å². The minimum Gasteiger partial charge on any atom is -0.393 e. The molecule has 0 radical (unpaired) electrons. The Balaban J connectivity index is 2.51. The highest BCUT2D eigenvalue weighted by molar-refractivity contribution is 4.82. The summed E-state index contributed by atoms with van der Waals surface area (Å²) >= 11 is 0. The highest BCUT2D eigenvalue weighted by Gasteiger charge is 2.34. The van der Waals surface area contributed by atoms with Gasteiger partial charge in [0.05, 0.1) is 12.7 Å². The van der Waals surface area contributed by atoms with E-state index in [1.54, 1.807) is 0 Å². The molecule has 1 rings (SSSR count). The van der Waals surface area contributed by atoms with E-state index in [0.717, 1.165) is 13.0 Å². The second kappa shape index (κ2) is 2.27. The van der Waals surface area contributed by atoms with Gasteiger partial charge in [-0.3, -0.25) is 0 Å². The van der Waals surface area contributed by atoms with Crippen LogP contribution in [0.5, 0.6) is 0 Å². The third-order valence-electron chi connectivity index (χ3n) is 2.26. The van der Waals surface area contributed by atoms with Crippen molar-refractivity contribution in [3.63, 3.8) is 0 Å². The smallest absolute Gasteiger partial charge is 0.0588 e. The summed E-state index contributed by atoms with van der Waals surface area (Å²) in [6, 6.07) is 0. The molecule has 0 aliphatic carbocycles. The molecule has 0 spiro atoms. The highest BCUT2D eigenvalue weighted by atomic mass is 16.5. The lowest BCUT2D eigenvalue weighted by Crippen LogP contribution is -2.29. The van der Waals surface area contributed by atoms with Crippen molar-refractivity contribution in [2.75, 3.05) is 13.2 Å². The second-order valence-electron chi connectivity index (χ2n) is 3.13. The van der Waals surface area contributed by atoms with Crippen molar-refractivity contribution in [1.82, 2.24) is 0 Å². The average Bonchev–Trinajstić information content (AvgIpc) is 2.16. The monoisotopic (exact) mass is 130 g/mol. The van der Waals surface area contributed by atoms with E-state index in [1.807, 2.05) is 6.92 Å². The molecular weight excluding hydrogens is 116 g/mol. The summed E-state index contributed by atoms with van der Waals surface area (Å²) < 4.78 is 5.16. The number of aliphatic hydroxyl groups excluding tert-OH is 1. The van der Waals surface area contributed by atoms with Crippen LogP contribution in [0.25, 0.3) is 0 Å². The zero-order chi connectivity index (χ0) is 6.91. The second-order valence-corrected chi connectivity index (χ2v) is 3.13. The van der Waals surface area contributed by atoms with Gasteiger partial charge in [0.15, 0.2) is 0 Å². The predicted octanol–water partition coefficient (Wildman–Crippen LogP) is 0.794. The summed E-state index contributed by atoms with van der Waals surface area (Å²) in [7, 11) is 0. The SMILES string of the molecule is C[C@@H](O)[C@]1(C)CCOC1. The van der Waals surface area contributed by atoms with Gasteiger partial charge < -0.3 is 9.84 Å². The molecule has 1 saturated heterocycles. The first-order valence-corrected chi connectivity index (χ1v) is 3.41. The number of aliphatic hydroxyl groups is 1. The molecule has 1 fully saturated rings. The molecule has 1 aliphatic heterocycles. The first kappa shape index (κ1) is 7.03. The Morgan fingerprint density at radius 3 is 2.56 bits per heavy atom. The van der Waals surface area contributed by atoms with Crippen LogP contribution in [0.2, 0.25) is 0 Å². The first-order chi connectivity index (χ1) is 4.15. The van der Waals surface area contributed by atoms with Gasteiger partial charge in [-0.25, -0.2) is 0 Å². The maximum absolute atomic E-state index is 9.23. The van der Waals surface area contributed by atoms with Crippen LogP contribution in [0.3, 0.4) is 0 Å². The van der Waals surface area contributed by atoms with E-state index in [-0.39, 0.29) is 11.5 Å². The Morgan fingerprint density at radius 1 is 1.67 bits per heavy atom. The van der Waals surface area contributed by atoms with E-state index >= 15 is 0 Å². The van der Waals surface area contributed by atoms with Crippen LogP contribution in [-0.4, -0.2) is 24.4 Å². The van der Waals surface area contributed by atoms with Crippen molar-refractivity contribution in [1.29, 1.82) is 0 Å².